The van der Waals surface area contributed by atoms with Crippen LogP contribution in [0, 0.1) is 5.92 Å². The van der Waals surface area contributed by atoms with E-state index in [2.05, 4.69) is 24.3 Å². The van der Waals surface area contributed by atoms with Crippen molar-refractivity contribution in [1.29, 1.82) is 0 Å². The van der Waals surface area contributed by atoms with Crippen molar-refractivity contribution < 1.29 is 4.74 Å². The number of halogens is 1. The second kappa shape index (κ2) is 6.28. The third-order valence-corrected chi connectivity index (χ3v) is 5.27. The Kier molecular flexibility index (Phi) is 4.45. The molecule has 3 atom stereocenters. The number of fused-ring (bicyclic) bond motifs is 1. The summed E-state index contributed by atoms with van der Waals surface area (Å²) in [5.74, 6) is 0.651. The average molecular weight is 279 g/mol. The van der Waals surface area contributed by atoms with Gasteiger partial charge in [-0.1, -0.05) is 30.7 Å². The first-order valence-corrected chi connectivity index (χ1v) is 8.11. The van der Waals surface area contributed by atoms with Gasteiger partial charge in [-0.25, -0.2) is 0 Å². The van der Waals surface area contributed by atoms with E-state index in [1.54, 1.807) is 0 Å². The van der Waals surface area contributed by atoms with Gasteiger partial charge in [0.2, 0.25) is 0 Å². The van der Waals surface area contributed by atoms with E-state index in [1.807, 2.05) is 0 Å². The quantitative estimate of drug-likeness (QED) is 0.714. The second-order valence-corrected chi connectivity index (χ2v) is 6.44. The van der Waals surface area contributed by atoms with Crippen LogP contribution >= 0.6 is 11.6 Å². The molecule has 0 spiro atoms. The second-order valence-electron chi connectivity index (χ2n) is 5.97. The zero-order chi connectivity index (χ0) is 13.1. The third-order valence-electron chi connectivity index (χ3n) is 4.68. The van der Waals surface area contributed by atoms with Gasteiger partial charge in [0.05, 0.1) is 11.5 Å². The van der Waals surface area contributed by atoms with Crippen LogP contribution in [0.1, 0.15) is 55.0 Å². The normalized spacial score (nSPS) is 30.3. The highest BCUT2D eigenvalue weighted by Gasteiger charge is 2.27. The summed E-state index contributed by atoms with van der Waals surface area (Å²) >= 11 is 6.68. The predicted molar refractivity (Wildman–Crippen MR) is 79.7 cm³/mol. The van der Waals surface area contributed by atoms with Crippen molar-refractivity contribution in [3.63, 3.8) is 0 Å². The van der Waals surface area contributed by atoms with Crippen molar-refractivity contribution in [2.75, 3.05) is 6.61 Å². The van der Waals surface area contributed by atoms with Crippen LogP contribution in [-0.4, -0.2) is 12.7 Å². The minimum atomic E-state index is 0.217. The number of rotatable bonds is 4. The summed E-state index contributed by atoms with van der Waals surface area (Å²) in [5.41, 5.74) is 2.83. The molecule has 0 bridgehead atoms. The molecule has 2 aliphatic rings. The highest BCUT2D eigenvalue weighted by molar-refractivity contribution is 6.21. The lowest BCUT2D eigenvalue weighted by molar-refractivity contribution is 0.100. The van der Waals surface area contributed by atoms with Gasteiger partial charge in [-0.05, 0) is 55.6 Å². The van der Waals surface area contributed by atoms with E-state index >= 15 is 0 Å². The molecule has 3 rings (SSSR count). The molecule has 104 valence electrons. The van der Waals surface area contributed by atoms with E-state index in [9.17, 15) is 0 Å². The van der Waals surface area contributed by atoms with Crippen molar-refractivity contribution >= 4 is 11.6 Å². The first kappa shape index (κ1) is 13.5. The van der Waals surface area contributed by atoms with E-state index in [4.69, 9.17) is 16.3 Å². The molecule has 1 nitrogen and oxygen atoms in total. The maximum atomic E-state index is 6.68. The van der Waals surface area contributed by atoms with Crippen LogP contribution in [0.3, 0.4) is 0 Å². The molecule has 0 saturated carbocycles. The Balaban J connectivity index is 1.52. The molecular formula is C17H23ClO. The van der Waals surface area contributed by atoms with Gasteiger partial charge in [0.25, 0.3) is 0 Å². The molecule has 1 aromatic rings. The first-order valence-electron chi connectivity index (χ1n) is 7.68. The monoisotopic (exact) mass is 278 g/mol. The summed E-state index contributed by atoms with van der Waals surface area (Å²) in [4.78, 5) is 0. The predicted octanol–water partition coefficient (Wildman–Crippen LogP) is 4.88. The number of aryl methyl sites for hydroxylation is 1. The number of hydrogen-bond acceptors (Lipinski definition) is 1. The molecule has 3 unspecified atom stereocenters. The molecule has 1 aromatic carbocycles. The maximum Gasteiger partial charge on any atom is 0.0616 e. The third kappa shape index (κ3) is 3.14. The molecule has 19 heavy (non-hydrogen) atoms. The minimum absolute atomic E-state index is 0.217. The van der Waals surface area contributed by atoms with E-state index < -0.39 is 0 Å². The fraction of sp³-hybridized carbons (Fsp3) is 0.647. The fourth-order valence-electron chi connectivity index (χ4n) is 3.54. The zero-order valence-electron chi connectivity index (χ0n) is 11.5. The number of benzene rings is 1. The summed E-state index contributed by atoms with van der Waals surface area (Å²) in [6, 6.07) is 8.68. The molecule has 1 aliphatic carbocycles. The Morgan fingerprint density at radius 2 is 2.05 bits per heavy atom. The lowest BCUT2D eigenvalue weighted by Gasteiger charge is -2.29. The summed E-state index contributed by atoms with van der Waals surface area (Å²) < 4.78 is 5.69. The van der Waals surface area contributed by atoms with Gasteiger partial charge in [0.1, 0.15) is 0 Å². The van der Waals surface area contributed by atoms with Crippen molar-refractivity contribution in [2.45, 2.75) is 56.4 Å². The van der Waals surface area contributed by atoms with Crippen molar-refractivity contribution in [3.05, 3.63) is 35.4 Å². The molecular weight excluding hydrogens is 256 g/mol. The van der Waals surface area contributed by atoms with Gasteiger partial charge in [-0.2, -0.15) is 0 Å². The molecule has 0 amide bonds. The Morgan fingerprint density at radius 3 is 2.89 bits per heavy atom. The van der Waals surface area contributed by atoms with Crippen LogP contribution in [-0.2, 0) is 11.2 Å². The molecule has 1 saturated heterocycles. The minimum Gasteiger partial charge on any atom is -0.378 e. The smallest absolute Gasteiger partial charge is 0.0616 e. The van der Waals surface area contributed by atoms with Crippen LogP contribution < -0.4 is 0 Å². The largest absolute Gasteiger partial charge is 0.378 e. The average Bonchev–Trinajstić information content (AvgIpc) is 2.95. The van der Waals surface area contributed by atoms with Crippen molar-refractivity contribution in [2.24, 2.45) is 5.92 Å². The highest BCUT2D eigenvalue weighted by Crippen LogP contribution is 2.41. The summed E-state index contributed by atoms with van der Waals surface area (Å²) in [6.45, 7) is 0.972. The van der Waals surface area contributed by atoms with Gasteiger partial charge in [0, 0.05) is 6.61 Å². The molecule has 0 N–H and O–H groups in total. The van der Waals surface area contributed by atoms with Crippen LogP contribution in [0.4, 0.5) is 0 Å². The number of alkyl halides is 1. The Labute approximate surface area is 121 Å². The van der Waals surface area contributed by atoms with Gasteiger partial charge in [0.15, 0.2) is 0 Å². The molecule has 2 heteroatoms. The van der Waals surface area contributed by atoms with E-state index in [0.717, 1.165) is 6.61 Å². The van der Waals surface area contributed by atoms with Crippen LogP contribution in [0.25, 0.3) is 0 Å². The van der Waals surface area contributed by atoms with E-state index in [0.29, 0.717) is 12.0 Å². The summed E-state index contributed by atoms with van der Waals surface area (Å²) in [5, 5.41) is 0.217. The van der Waals surface area contributed by atoms with Crippen LogP contribution in [0.2, 0.25) is 0 Å². The first-order chi connectivity index (χ1) is 9.34. The number of hydrogen-bond donors (Lipinski definition) is 0. The molecule has 1 heterocycles. The van der Waals surface area contributed by atoms with Gasteiger partial charge >= 0.3 is 0 Å². The lowest BCUT2D eigenvalue weighted by Crippen LogP contribution is -2.17. The Bertz CT molecular complexity index is 411. The molecule has 0 radical (unpaired) electrons. The fourth-order valence-corrected chi connectivity index (χ4v) is 4.01. The zero-order valence-corrected chi connectivity index (χ0v) is 12.2. The van der Waals surface area contributed by atoms with Gasteiger partial charge in [-0.15, -0.1) is 11.6 Å². The summed E-state index contributed by atoms with van der Waals surface area (Å²) in [7, 11) is 0. The lowest BCUT2D eigenvalue weighted by atomic mass is 9.81. The summed E-state index contributed by atoms with van der Waals surface area (Å²) in [6.07, 6.45) is 9.23. The number of ether oxygens (including phenoxy) is 1. The van der Waals surface area contributed by atoms with Gasteiger partial charge < -0.3 is 4.74 Å². The topological polar surface area (TPSA) is 9.23 Å². The van der Waals surface area contributed by atoms with Gasteiger partial charge in [-0.3, -0.25) is 0 Å². The Hall–Kier alpha value is -0.530. The maximum absolute atomic E-state index is 6.68. The van der Waals surface area contributed by atoms with Crippen LogP contribution in [0.5, 0.6) is 0 Å². The van der Waals surface area contributed by atoms with E-state index in [-0.39, 0.29) is 5.38 Å². The van der Waals surface area contributed by atoms with Crippen LogP contribution in [0.15, 0.2) is 24.3 Å². The Morgan fingerprint density at radius 1 is 1.16 bits per heavy atom. The molecule has 0 aromatic heterocycles. The SMILES string of the molecule is ClC1c2ccccc2CCC1CCCC1CCCO1. The molecule has 1 aliphatic heterocycles. The highest BCUT2D eigenvalue weighted by atomic mass is 35.5. The van der Waals surface area contributed by atoms with E-state index in [1.165, 1.54) is 56.1 Å². The molecule has 1 fully saturated rings. The van der Waals surface area contributed by atoms with Crippen molar-refractivity contribution in [1.82, 2.24) is 0 Å². The standard InChI is InChI=1S/C17H23ClO/c18-17-14(6-3-7-15-8-4-12-19-15)11-10-13-5-1-2-9-16(13)17/h1-2,5,9,14-15,17H,3-4,6-8,10-12H2. The van der Waals surface area contributed by atoms with Crippen molar-refractivity contribution in [3.8, 4) is 0 Å².